The fourth-order valence-electron chi connectivity index (χ4n) is 3.01. The highest BCUT2D eigenvalue weighted by atomic mass is 35.5. The number of anilines is 1. The molecule has 31 heavy (non-hydrogen) atoms. The third kappa shape index (κ3) is 6.08. The van der Waals surface area contributed by atoms with Crippen molar-refractivity contribution < 1.29 is 24.0 Å². The number of methoxy groups -OCH3 is 1. The number of nitro groups is 1. The first-order valence-electron chi connectivity index (χ1n) is 9.68. The molecule has 0 aromatic heterocycles. The predicted molar refractivity (Wildman–Crippen MR) is 115 cm³/mol. The molecule has 1 saturated carbocycles. The summed E-state index contributed by atoms with van der Waals surface area (Å²) < 4.78 is 10.8. The van der Waals surface area contributed by atoms with Gasteiger partial charge >= 0.3 is 0 Å². The molecule has 0 aliphatic heterocycles. The van der Waals surface area contributed by atoms with Crippen molar-refractivity contribution >= 4 is 34.8 Å². The van der Waals surface area contributed by atoms with E-state index in [-0.39, 0.29) is 53.8 Å². The molecule has 1 aliphatic carbocycles. The molecule has 9 nitrogen and oxygen atoms in total. The van der Waals surface area contributed by atoms with Crippen LogP contribution in [-0.4, -0.2) is 47.9 Å². The molecule has 3 rings (SSSR count). The first kappa shape index (κ1) is 22.4. The number of rotatable bonds is 10. The summed E-state index contributed by atoms with van der Waals surface area (Å²) >= 11 is 6.00. The molecule has 2 amide bonds. The number of hydrogen-bond acceptors (Lipinski definition) is 6. The zero-order chi connectivity index (χ0) is 22.4. The maximum Gasteiger partial charge on any atom is 0.271 e. The molecule has 1 aliphatic rings. The highest BCUT2D eigenvalue weighted by Crippen LogP contribution is 2.29. The molecular formula is C21H22ClN3O6. The van der Waals surface area contributed by atoms with Crippen LogP contribution >= 0.6 is 11.6 Å². The smallest absolute Gasteiger partial charge is 0.271 e. The second-order valence-corrected chi connectivity index (χ2v) is 7.38. The van der Waals surface area contributed by atoms with Crippen molar-refractivity contribution in [2.24, 2.45) is 0 Å². The van der Waals surface area contributed by atoms with Gasteiger partial charge in [0.05, 0.1) is 22.7 Å². The highest BCUT2D eigenvalue weighted by Gasteiger charge is 2.33. The number of para-hydroxylation sites is 2. The SMILES string of the molecule is COc1ccccc1OCC(=O)N(CCC(=O)Nc1ccc([N+](=O)[O-])cc1Cl)C1CC1. The summed E-state index contributed by atoms with van der Waals surface area (Å²) in [6.07, 6.45) is 1.83. The molecule has 2 aromatic carbocycles. The molecule has 0 heterocycles. The molecule has 0 spiro atoms. The maximum absolute atomic E-state index is 12.7. The van der Waals surface area contributed by atoms with E-state index in [1.165, 1.54) is 25.3 Å². The van der Waals surface area contributed by atoms with Gasteiger partial charge in [0.1, 0.15) is 0 Å². The minimum Gasteiger partial charge on any atom is -0.493 e. The van der Waals surface area contributed by atoms with Crippen molar-refractivity contribution in [2.75, 3.05) is 25.6 Å². The first-order valence-corrected chi connectivity index (χ1v) is 10.1. The fraction of sp³-hybridized carbons (Fsp3) is 0.333. The van der Waals surface area contributed by atoms with Crippen molar-refractivity contribution in [2.45, 2.75) is 25.3 Å². The highest BCUT2D eigenvalue weighted by molar-refractivity contribution is 6.33. The summed E-state index contributed by atoms with van der Waals surface area (Å²) in [6, 6.07) is 11.0. The molecule has 0 bridgehead atoms. The van der Waals surface area contributed by atoms with Crippen LogP contribution in [0.25, 0.3) is 0 Å². The Kier molecular flexibility index (Phi) is 7.30. The number of benzene rings is 2. The van der Waals surface area contributed by atoms with Gasteiger partial charge in [-0.25, -0.2) is 0 Å². The molecule has 0 saturated heterocycles. The van der Waals surface area contributed by atoms with Gasteiger partial charge in [0.25, 0.3) is 11.6 Å². The number of nitrogens with zero attached hydrogens (tertiary/aromatic N) is 2. The van der Waals surface area contributed by atoms with Gasteiger partial charge in [-0.3, -0.25) is 19.7 Å². The second-order valence-electron chi connectivity index (χ2n) is 6.98. The van der Waals surface area contributed by atoms with E-state index in [4.69, 9.17) is 21.1 Å². The molecule has 0 unspecified atom stereocenters. The van der Waals surface area contributed by atoms with Gasteiger partial charge in [0, 0.05) is 31.1 Å². The standard InChI is InChI=1S/C21H22ClN3O6/c1-30-18-4-2-3-5-19(18)31-13-21(27)24(14-6-7-14)11-10-20(26)23-17-9-8-15(25(28)29)12-16(17)22/h2-5,8-9,12,14H,6-7,10-11,13H2,1H3,(H,23,26). The van der Waals surface area contributed by atoms with E-state index >= 15 is 0 Å². The van der Waals surface area contributed by atoms with Crippen LogP contribution in [0.1, 0.15) is 19.3 Å². The number of ether oxygens (including phenoxy) is 2. The van der Waals surface area contributed by atoms with Gasteiger partial charge in [-0.2, -0.15) is 0 Å². The molecule has 0 atom stereocenters. The number of non-ortho nitro benzene ring substituents is 1. The van der Waals surface area contributed by atoms with Crippen molar-refractivity contribution in [3.8, 4) is 11.5 Å². The minimum atomic E-state index is -0.566. The Bertz CT molecular complexity index is 979. The first-order chi connectivity index (χ1) is 14.9. The van der Waals surface area contributed by atoms with Crippen LogP contribution < -0.4 is 14.8 Å². The topological polar surface area (TPSA) is 111 Å². The lowest BCUT2D eigenvalue weighted by Gasteiger charge is -2.22. The summed E-state index contributed by atoms with van der Waals surface area (Å²) in [5, 5.41) is 13.5. The normalized spacial score (nSPS) is 12.7. The van der Waals surface area contributed by atoms with E-state index < -0.39 is 4.92 Å². The zero-order valence-corrected chi connectivity index (χ0v) is 17.6. The number of amides is 2. The summed E-state index contributed by atoms with van der Waals surface area (Å²) in [7, 11) is 1.52. The summed E-state index contributed by atoms with van der Waals surface area (Å²) in [4.78, 5) is 36.9. The Balaban J connectivity index is 1.54. The predicted octanol–water partition coefficient (Wildman–Crippen LogP) is 3.66. The monoisotopic (exact) mass is 447 g/mol. The van der Waals surface area contributed by atoms with Crippen molar-refractivity contribution in [3.05, 3.63) is 57.6 Å². The van der Waals surface area contributed by atoms with Crippen molar-refractivity contribution in [1.82, 2.24) is 4.90 Å². The molecule has 1 N–H and O–H groups in total. The van der Waals surface area contributed by atoms with E-state index in [0.717, 1.165) is 12.8 Å². The van der Waals surface area contributed by atoms with Crippen LogP contribution in [0.4, 0.5) is 11.4 Å². The Morgan fingerprint density at radius 3 is 2.55 bits per heavy atom. The van der Waals surface area contributed by atoms with Crippen LogP contribution in [0.3, 0.4) is 0 Å². The van der Waals surface area contributed by atoms with E-state index in [1.54, 1.807) is 29.2 Å². The second kappa shape index (κ2) is 10.1. The van der Waals surface area contributed by atoms with E-state index in [2.05, 4.69) is 5.32 Å². The number of carbonyl (C=O) groups excluding carboxylic acids is 2. The number of halogens is 1. The number of nitro benzene ring substituents is 1. The van der Waals surface area contributed by atoms with Gasteiger partial charge in [0.15, 0.2) is 18.1 Å². The third-order valence-electron chi connectivity index (χ3n) is 4.75. The summed E-state index contributed by atoms with van der Waals surface area (Å²) in [6.45, 7) is 0.0713. The quantitative estimate of drug-likeness (QED) is 0.439. The Labute approximate surface area is 184 Å². The largest absolute Gasteiger partial charge is 0.493 e. The summed E-state index contributed by atoms with van der Waals surface area (Å²) in [5.41, 5.74) is 0.115. The summed E-state index contributed by atoms with van der Waals surface area (Å²) in [5.74, 6) is 0.446. The van der Waals surface area contributed by atoms with Gasteiger partial charge in [-0.1, -0.05) is 23.7 Å². The van der Waals surface area contributed by atoms with Crippen LogP contribution in [0.5, 0.6) is 11.5 Å². The lowest BCUT2D eigenvalue weighted by atomic mass is 10.2. The van der Waals surface area contributed by atoms with E-state index in [0.29, 0.717) is 11.5 Å². The molecule has 164 valence electrons. The molecule has 0 radical (unpaired) electrons. The third-order valence-corrected chi connectivity index (χ3v) is 5.06. The number of nitrogens with one attached hydrogen (secondary N) is 1. The average Bonchev–Trinajstić information content (AvgIpc) is 3.59. The van der Waals surface area contributed by atoms with Crippen LogP contribution in [0.2, 0.25) is 5.02 Å². The Morgan fingerprint density at radius 1 is 1.23 bits per heavy atom. The van der Waals surface area contributed by atoms with Crippen LogP contribution in [0.15, 0.2) is 42.5 Å². The number of carbonyl (C=O) groups is 2. The fourth-order valence-corrected chi connectivity index (χ4v) is 3.23. The average molecular weight is 448 g/mol. The van der Waals surface area contributed by atoms with E-state index in [9.17, 15) is 19.7 Å². The Morgan fingerprint density at radius 2 is 1.94 bits per heavy atom. The lowest BCUT2D eigenvalue weighted by Crippen LogP contribution is -2.38. The van der Waals surface area contributed by atoms with Crippen LogP contribution in [-0.2, 0) is 9.59 Å². The van der Waals surface area contributed by atoms with Crippen molar-refractivity contribution in [3.63, 3.8) is 0 Å². The number of hydrogen-bond donors (Lipinski definition) is 1. The van der Waals surface area contributed by atoms with Crippen molar-refractivity contribution in [1.29, 1.82) is 0 Å². The van der Waals surface area contributed by atoms with Gasteiger partial charge in [0.2, 0.25) is 5.91 Å². The maximum atomic E-state index is 12.7. The Hall–Kier alpha value is -3.33. The van der Waals surface area contributed by atoms with Crippen LogP contribution in [0, 0.1) is 10.1 Å². The zero-order valence-electron chi connectivity index (χ0n) is 16.9. The molecule has 10 heteroatoms. The lowest BCUT2D eigenvalue weighted by molar-refractivity contribution is -0.384. The van der Waals surface area contributed by atoms with Gasteiger partial charge in [-0.15, -0.1) is 0 Å². The molecule has 2 aromatic rings. The van der Waals surface area contributed by atoms with Gasteiger partial charge in [-0.05, 0) is 31.0 Å². The van der Waals surface area contributed by atoms with Gasteiger partial charge < -0.3 is 19.7 Å². The molecular weight excluding hydrogens is 426 g/mol. The van der Waals surface area contributed by atoms with E-state index in [1.807, 2.05) is 0 Å². The minimum absolute atomic E-state index is 0.0597. The molecule has 1 fully saturated rings.